The third-order valence-corrected chi connectivity index (χ3v) is 2.24. The Hall–Kier alpha value is -2.36. The fraction of sp³-hybridized carbons (Fsp3) is 0.143. The average Bonchev–Trinajstić information content (AvgIpc) is 2.37. The van der Waals surface area contributed by atoms with Crippen molar-refractivity contribution in [2.45, 2.75) is 12.5 Å². The van der Waals surface area contributed by atoms with Gasteiger partial charge in [0.1, 0.15) is 6.04 Å². The molecular formula is C14H15NO3. The van der Waals surface area contributed by atoms with Crippen LogP contribution in [0.3, 0.4) is 0 Å². The van der Waals surface area contributed by atoms with E-state index in [0.29, 0.717) is 0 Å². The summed E-state index contributed by atoms with van der Waals surface area (Å²) in [6, 6.07) is 8.35. The Kier molecular flexibility index (Phi) is 5.38. The Labute approximate surface area is 106 Å². The lowest BCUT2D eigenvalue weighted by atomic mass is 10.2. The zero-order valence-corrected chi connectivity index (χ0v) is 9.87. The summed E-state index contributed by atoms with van der Waals surface area (Å²) in [5.41, 5.74) is 0.878. The molecule has 0 saturated heterocycles. The van der Waals surface area contributed by atoms with Gasteiger partial charge in [0.25, 0.3) is 0 Å². The molecule has 0 bridgehead atoms. The number of nitrogens with one attached hydrogen (secondary N) is 1. The number of aliphatic carboxylic acids is 1. The molecule has 0 radical (unpaired) electrons. The molecular weight excluding hydrogens is 230 g/mol. The first-order valence-corrected chi connectivity index (χ1v) is 5.51. The summed E-state index contributed by atoms with van der Waals surface area (Å²) in [6.07, 6.45) is 4.59. The summed E-state index contributed by atoms with van der Waals surface area (Å²) in [4.78, 5) is 22.3. The molecule has 1 aromatic carbocycles. The molecule has 0 aliphatic rings. The molecule has 1 aromatic rings. The molecule has 2 N–H and O–H groups in total. The van der Waals surface area contributed by atoms with Crippen molar-refractivity contribution in [3.05, 3.63) is 54.6 Å². The molecule has 0 fully saturated rings. The van der Waals surface area contributed by atoms with E-state index in [1.54, 1.807) is 6.08 Å². The molecule has 0 saturated carbocycles. The number of carbonyl (C=O) groups excluding carboxylic acids is 1. The highest BCUT2D eigenvalue weighted by atomic mass is 16.4. The fourth-order valence-corrected chi connectivity index (χ4v) is 1.34. The minimum atomic E-state index is -1.07. The van der Waals surface area contributed by atoms with Crippen molar-refractivity contribution in [1.29, 1.82) is 0 Å². The van der Waals surface area contributed by atoms with Crippen LogP contribution < -0.4 is 5.32 Å². The van der Waals surface area contributed by atoms with Crippen molar-refractivity contribution >= 4 is 18.0 Å². The summed E-state index contributed by atoms with van der Waals surface area (Å²) in [7, 11) is 0. The topological polar surface area (TPSA) is 66.4 Å². The van der Waals surface area contributed by atoms with Crippen LogP contribution in [0.2, 0.25) is 0 Å². The van der Waals surface area contributed by atoms with Crippen molar-refractivity contribution < 1.29 is 14.7 Å². The van der Waals surface area contributed by atoms with E-state index < -0.39 is 17.9 Å². The van der Waals surface area contributed by atoms with Gasteiger partial charge in [-0.15, -0.1) is 6.58 Å². The van der Waals surface area contributed by atoms with Crippen molar-refractivity contribution in [1.82, 2.24) is 5.32 Å². The van der Waals surface area contributed by atoms with Gasteiger partial charge in [-0.05, 0) is 18.1 Å². The van der Waals surface area contributed by atoms with Crippen LogP contribution in [0.15, 0.2) is 49.1 Å². The molecule has 1 amide bonds. The van der Waals surface area contributed by atoms with E-state index in [-0.39, 0.29) is 6.42 Å². The molecule has 1 unspecified atom stereocenters. The van der Waals surface area contributed by atoms with Gasteiger partial charge in [0.05, 0.1) is 0 Å². The summed E-state index contributed by atoms with van der Waals surface area (Å²) in [5, 5.41) is 11.2. The van der Waals surface area contributed by atoms with Crippen molar-refractivity contribution in [3.63, 3.8) is 0 Å². The van der Waals surface area contributed by atoms with Gasteiger partial charge in [-0.3, -0.25) is 4.79 Å². The van der Waals surface area contributed by atoms with Gasteiger partial charge < -0.3 is 10.4 Å². The maximum atomic E-state index is 11.5. The fourth-order valence-electron chi connectivity index (χ4n) is 1.34. The summed E-state index contributed by atoms with van der Waals surface area (Å²) in [6.45, 7) is 3.45. The Morgan fingerprint density at radius 2 is 2.00 bits per heavy atom. The lowest BCUT2D eigenvalue weighted by molar-refractivity contribution is -0.141. The normalized spacial score (nSPS) is 12.0. The molecule has 0 spiro atoms. The van der Waals surface area contributed by atoms with Crippen LogP contribution in [0.5, 0.6) is 0 Å². The van der Waals surface area contributed by atoms with Gasteiger partial charge in [-0.1, -0.05) is 36.4 Å². The first-order chi connectivity index (χ1) is 8.63. The molecule has 0 aliphatic carbocycles. The third kappa shape index (κ3) is 4.65. The maximum Gasteiger partial charge on any atom is 0.326 e. The van der Waals surface area contributed by atoms with E-state index in [0.717, 1.165) is 5.56 Å². The number of hydrogen-bond donors (Lipinski definition) is 2. The highest BCUT2D eigenvalue weighted by Gasteiger charge is 2.16. The second kappa shape index (κ2) is 7.06. The van der Waals surface area contributed by atoms with Gasteiger partial charge >= 0.3 is 5.97 Å². The van der Waals surface area contributed by atoms with Gasteiger partial charge in [-0.25, -0.2) is 4.79 Å². The lowest BCUT2D eigenvalue weighted by Crippen LogP contribution is -2.39. The largest absolute Gasteiger partial charge is 0.480 e. The second-order valence-electron chi connectivity index (χ2n) is 3.67. The average molecular weight is 245 g/mol. The van der Waals surface area contributed by atoms with Gasteiger partial charge in [0.2, 0.25) is 5.91 Å². The van der Waals surface area contributed by atoms with E-state index in [1.165, 1.54) is 12.2 Å². The van der Waals surface area contributed by atoms with E-state index in [2.05, 4.69) is 11.9 Å². The number of carboxylic acids is 1. The van der Waals surface area contributed by atoms with E-state index in [1.807, 2.05) is 30.3 Å². The van der Waals surface area contributed by atoms with Crippen LogP contribution in [0.1, 0.15) is 12.0 Å². The molecule has 1 atom stereocenters. The maximum absolute atomic E-state index is 11.5. The minimum absolute atomic E-state index is 0.195. The second-order valence-corrected chi connectivity index (χ2v) is 3.67. The Balaban J connectivity index is 2.58. The van der Waals surface area contributed by atoms with Crippen LogP contribution in [0.4, 0.5) is 0 Å². The summed E-state index contributed by atoms with van der Waals surface area (Å²) >= 11 is 0. The SMILES string of the molecule is C=CCC(NC(=O)/C=C/c1ccccc1)C(=O)O. The molecule has 94 valence electrons. The van der Waals surface area contributed by atoms with Crippen molar-refractivity contribution in [2.75, 3.05) is 0 Å². The standard InChI is InChI=1S/C14H15NO3/c1-2-6-12(14(17)18)15-13(16)10-9-11-7-4-3-5-8-11/h2-5,7-10,12H,1,6H2,(H,15,16)(H,17,18)/b10-9+. The smallest absolute Gasteiger partial charge is 0.326 e. The van der Waals surface area contributed by atoms with Crippen LogP contribution in [-0.2, 0) is 9.59 Å². The van der Waals surface area contributed by atoms with Crippen LogP contribution >= 0.6 is 0 Å². The number of rotatable bonds is 6. The van der Waals surface area contributed by atoms with E-state index >= 15 is 0 Å². The summed E-state index contributed by atoms with van der Waals surface area (Å²) < 4.78 is 0. The zero-order valence-electron chi connectivity index (χ0n) is 9.87. The molecule has 18 heavy (non-hydrogen) atoms. The lowest BCUT2D eigenvalue weighted by Gasteiger charge is -2.10. The first-order valence-electron chi connectivity index (χ1n) is 5.51. The van der Waals surface area contributed by atoms with Gasteiger partial charge in [0.15, 0.2) is 0 Å². The van der Waals surface area contributed by atoms with Gasteiger partial charge in [-0.2, -0.15) is 0 Å². The Bertz CT molecular complexity index is 451. The van der Waals surface area contributed by atoms with Crippen LogP contribution in [0.25, 0.3) is 6.08 Å². The quantitative estimate of drug-likeness (QED) is 0.593. The number of benzene rings is 1. The monoisotopic (exact) mass is 245 g/mol. The van der Waals surface area contributed by atoms with Gasteiger partial charge in [0, 0.05) is 6.08 Å². The van der Waals surface area contributed by atoms with Crippen molar-refractivity contribution in [2.24, 2.45) is 0 Å². The predicted molar refractivity (Wildman–Crippen MR) is 69.9 cm³/mol. The van der Waals surface area contributed by atoms with Crippen LogP contribution in [0, 0.1) is 0 Å². The number of carbonyl (C=O) groups is 2. The first kappa shape index (κ1) is 13.7. The molecule has 4 nitrogen and oxygen atoms in total. The highest BCUT2D eigenvalue weighted by molar-refractivity contribution is 5.94. The molecule has 1 rings (SSSR count). The molecule has 0 aromatic heterocycles. The summed E-state index contributed by atoms with van der Waals surface area (Å²) in [5.74, 6) is -1.51. The predicted octanol–water partition coefficient (Wildman–Crippen LogP) is 1.85. The third-order valence-electron chi connectivity index (χ3n) is 2.24. The Morgan fingerprint density at radius 3 is 2.56 bits per heavy atom. The van der Waals surface area contributed by atoms with E-state index in [4.69, 9.17) is 5.11 Å². The number of carboxylic acid groups (broad SMARTS) is 1. The van der Waals surface area contributed by atoms with E-state index in [9.17, 15) is 9.59 Å². The zero-order chi connectivity index (χ0) is 13.4. The molecule has 0 aliphatic heterocycles. The highest BCUT2D eigenvalue weighted by Crippen LogP contribution is 2.01. The molecule has 0 heterocycles. The minimum Gasteiger partial charge on any atom is -0.480 e. The molecule has 4 heteroatoms. The Morgan fingerprint density at radius 1 is 1.33 bits per heavy atom. The number of amides is 1. The van der Waals surface area contributed by atoms with Crippen molar-refractivity contribution in [3.8, 4) is 0 Å². The number of hydrogen-bond acceptors (Lipinski definition) is 2. The van der Waals surface area contributed by atoms with Crippen LogP contribution in [-0.4, -0.2) is 23.0 Å².